The Bertz CT molecular complexity index is 1050. The lowest BCUT2D eigenvalue weighted by molar-refractivity contribution is 0.521. The van der Waals surface area contributed by atoms with Crippen molar-refractivity contribution in [2.75, 3.05) is 14.1 Å². The zero-order valence-corrected chi connectivity index (χ0v) is 13.8. The standard InChI is InChI=1S/C13H12ClN5O3S/c1-18(2)23(21,22)11-4-3-8(5-10(11)14)9-6-17-19-12(9)15-7-16-13(19)20/h3-7H,1-2H3,(H,15,16,20). The number of hydrogen-bond donors (Lipinski definition) is 1. The molecular weight excluding hydrogens is 342 g/mol. The highest BCUT2D eigenvalue weighted by atomic mass is 35.5. The van der Waals surface area contributed by atoms with E-state index in [0.29, 0.717) is 16.8 Å². The van der Waals surface area contributed by atoms with Gasteiger partial charge in [-0.1, -0.05) is 17.7 Å². The van der Waals surface area contributed by atoms with Crippen molar-refractivity contribution in [1.29, 1.82) is 0 Å². The van der Waals surface area contributed by atoms with E-state index in [0.717, 1.165) is 8.82 Å². The average molecular weight is 354 g/mol. The SMILES string of the molecule is CN(C)S(=O)(=O)c1ccc(-c2cnn3c(=O)[nH]cnc23)cc1Cl. The normalized spacial score (nSPS) is 12.2. The summed E-state index contributed by atoms with van der Waals surface area (Å²) in [5.41, 5.74) is 1.12. The number of aromatic nitrogens is 4. The summed E-state index contributed by atoms with van der Waals surface area (Å²) in [7, 11) is -0.769. The fourth-order valence-electron chi connectivity index (χ4n) is 2.10. The van der Waals surface area contributed by atoms with E-state index >= 15 is 0 Å². The van der Waals surface area contributed by atoms with Crippen LogP contribution in [0.2, 0.25) is 5.02 Å². The summed E-state index contributed by atoms with van der Waals surface area (Å²) in [6.45, 7) is 0. The smallest absolute Gasteiger partial charge is 0.296 e. The summed E-state index contributed by atoms with van der Waals surface area (Å²) >= 11 is 6.14. The third-order valence-electron chi connectivity index (χ3n) is 3.31. The topological polar surface area (TPSA) is 100 Å². The number of nitrogens with one attached hydrogen (secondary N) is 1. The maximum absolute atomic E-state index is 12.2. The lowest BCUT2D eigenvalue weighted by Gasteiger charge is -2.13. The first-order valence-corrected chi connectivity index (χ1v) is 8.28. The molecule has 0 spiro atoms. The van der Waals surface area contributed by atoms with Gasteiger partial charge in [-0.2, -0.15) is 9.61 Å². The van der Waals surface area contributed by atoms with Crippen molar-refractivity contribution >= 4 is 27.3 Å². The van der Waals surface area contributed by atoms with Crippen LogP contribution in [0.15, 0.2) is 40.4 Å². The molecule has 3 rings (SSSR count). The number of sulfonamides is 1. The van der Waals surface area contributed by atoms with Gasteiger partial charge in [0.1, 0.15) is 4.90 Å². The van der Waals surface area contributed by atoms with E-state index in [-0.39, 0.29) is 9.92 Å². The number of H-pyrrole nitrogens is 1. The molecule has 120 valence electrons. The van der Waals surface area contributed by atoms with E-state index in [2.05, 4.69) is 15.1 Å². The lowest BCUT2D eigenvalue weighted by atomic mass is 10.1. The largest absolute Gasteiger partial charge is 0.349 e. The molecule has 23 heavy (non-hydrogen) atoms. The van der Waals surface area contributed by atoms with Crippen LogP contribution in [0.25, 0.3) is 16.8 Å². The Morgan fingerprint density at radius 2 is 2.04 bits per heavy atom. The first kappa shape index (κ1) is 15.7. The van der Waals surface area contributed by atoms with Crippen molar-refractivity contribution in [3.63, 3.8) is 0 Å². The van der Waals surface area contributed by atoms with Crippen molar-refractivity contribution < 1.29 is 8.42 Å². The number of hydrogen-bond acceptors (Lipinski definition) is 5. The molecule has 0 aliphatic rings. The molecular formula is C13H12ClN5O3S. The molecule has 0 aliphatic heterocycles. The Hall–Kier alpha value is -2.23. The molecule has 0 radical (unpaired) electrons. The van der Waals surface area contributed by atoms with Gasteiger partial charge in [0.2, 0.25) is 10.0 Å². The Morgan fingerprint density at radius 3 is 2.70 bits per heavy atom. The van der Waals surface area contributed by atoms with E-state index in [1.54, 1.807) is 6.07 Å². The van der Waals surface area contributed by atoms with Crippen LogP contribution >= 0.6 is 11.6 Å². The molecule has 0 atom stereocenters. The van der Waals surface area contributed by atoms with Crippen LogP contribution in [0.5, 0.6) is 0 Å². The van der Waals surface area contributed by atoms with E-state index in [1.165, 1.54) is 38.8 Å². The van der Waals surface area contributed by atoms with Crippen LogP contribution in [0.1, 0.15) is 0 Å². The minimum atomic E-state index is -3.63. The number of aromatic amines is 1. The molecule has 1 N–H and O–H groups in total. The second kappa shape index (κ2) is 5.44. The number of benzene rings is 1. The maximum Gasteiger partial charge on any atom is 0.349 e. The zero-order valence-electron chi connectivity index (χ0n) is 12.2. The van der Waals surface area contributed by atoms with Gasteiger partial charge in [0, 0.05) is 19.7 Å². The predicted molar refractivity (Wildman–Crippen MR) is 84.9 cm³/mol. The van der Waals surface area contributed by atoms with Crippen molar-refractivity contribution in [1.82, 2.24) is 23.9 Å². The second-order valence-corrected chi connectivity index (χ2v) is 7.46. The van der Waals surface area contributed by atoms with Gasteiger partial charge in [0.25, 0.3) is 0 Å². The van der Waals surface area contributed by atoms with Gasteiger partial charge in [-0.3, -0.25) is 4.98 Å². The monoisotopic (exact) mass is 353 g/mol. The average Bonchev–Trinajstić information content (AvgIpc) is 2.92. The van der Waals surface area contributed by atoms with Crippen LogP contribution < -0.4 is 5.69 Å². The predicted octanol–water partition coefficient (Wildman–Crippen LogP) is 0.988. The molecule has 8 nitrogen and oxygen atoms in total. The summed E-state index contributed by atoms with van der Waals surface area (Å²) in [5.74, 6) is 0. The van der Waals surface area contributed by atoms with E-state index < -0.39 is 15.7 Å². The molecule has 2 aromatic heterocycles. The highest BCUT2D eigenvalue weighted by molar-refractivity contribution is 7.89. The third-order valence-corrected chi connectivity index (χ3v) is 5.61. The Kier molecular flexibility index (Phi) is 3.71. The summed E-state index contributed by atoms with van der Waals surface area (Å²) in [6.07, 6.45) is 2.75. The highest BCUT2D eigenvalue weighted by Gasteiger charge is 2.21. The molecule has 0 saturated heterocycles. The highest BCUT2D eigenvalue weighted by Crippen LogP contribution is 2.30. The van der Waals surface area contributed by atoms with Crippen molar-refractivity contribution in [3.8, 4) is 11.1 Å². The van der Waals surface area contributed by atoms with Crippen LogP contribution in [0.4, 0.5) is 0 Å². The summed E-state index contributed by atoms with van der Waals surface area (Å²) in [4.78, 5) is 18.2. The molecule has 10 heteroatoms. The van der Waals surface area contributed by atoms with Crippen LogP contribution in [-0.2, 0) is 10.0 Å². The Labute approximate surface area is 136 Å². The number of fused-ring (bicyclic) bond motifs is 1. The van der Waals surface area contributed by atoms with Crippen LogP contribution in [0, 0.1) is 0 Å². The van der Waals surface area contributed by atoms with Crippen molar-refractivity contribution in [2.45, 2.75) is 4.90 Å². The van der Waals surface area contributed by atoms with Crippen molar-refractivity contribution in [3.05, 3.63) is 46.2 Å². The molecule has 2 heterocycles. The Morgan fingerprint density at radius 1 is 1.30 bits per heavy atom. The molecule has 0 unspecified atom stereocenters. The Balaban J connectivity index is 2.17. The van der Waals surface area contributed by atoms with E-state index in [4.69, 9.17) is 11.6 Å². The zero-order chi connectivity index (χ0) is 16.8. The van der Waals surface area contributed by atoms with Gasteiger partial charge in [-0.25, -0.2) is 22.5 Å². The molecule has 3 aromatic rings. The molecule has 0 amide bonds. The van der Waals surface area contributed by atoms with Crippen molar-refractivity contribution in [2.24, 2.45) is 0 Å². The quantitative estimate of drug-likeness (QED) is 0.756. The lowest BCUT2D eigenvalue weighted by Crippen LogP contribution is -2.22. The second-order valence-electron chi connectivity index (χ2n) is 4.93. The number of nitrogens with zero attached hydrogens (tertiary/aromatic N) is 4. The molecule has 0 bridgehead atoms. The molecule has 1 aromatic carbocycles. The number of halogens is 1. The molecule has 0 saturated carbocycles. The first-order valence-electron chi connectivity index (χ1n) is 6.46. The van der Waals surface area contributed by atoms with Gasteiger partial charge < -0.3 is 0 Å². The summed E-state index contributed by atoms with van der Waals surface area (Å²) in [5, 5.41) is 4.05. The van der Waals surface area contributed by atoms with Gasteiger partial charge >= 0.3 is 5.69 Å². The fourth-order valence-corrected chi connectivity index (χ4v) is 3.51. The van der Waals surface area contributed by atoms with Gasteiger partial charge in [0.15, 0.2) is 5.65 Å². The third kappa shape index (κ3) is 2.52. The minimum Gasteiger partial charge on any atom is -0.296 e. The summed E-state index contributed by atoms with van der Waals surface area (Å²) < 4.78 is 26.6. The van der Waals surface area contributed by atoms with Gasteiger partial charge in [-0.05, 0) is 17.7 Å². The van der Waals surface area contributed by atoms with E-state index in [9.17, 15) is 13.2 Å². The first-order chi connectivity index (χ1) is 10.8. The minimum absolute atomic E-state index is 0.00944. The fraction of sp³-hybridized carbons (Fsp3) is 0.154. The van der Waals surface area contributed by atoms with Gasteiger partial charge in [0.05, 0.1) is 17.5 Å². The van der Waals surface area contributed by atoms with Crippen LogP contribution in [0.3, 0.4) is 0 Å². The van der Waals surface area contributed by atoms with Gasteiger partial charge in [-0.15, -0.1) is 0 Å². The van der Waals surface area contributed by atoms with E-state index in [1.807, 2.05) is 0 Å². The maximum atomic E-state index is 12.2. The molecule has 0 fully saturated rings. The number of rotatable bonds is 3. The van der Waals surface area contributed by atoms with Crippen LogP contribution in [-0.4, -0.2) is 46.4 Å². The summed E-state index contributed by atoms with van der Waals surface area (Å²) in [6, 6.07) is 4.53. The molecule has 0 aliphatic carbocycles.